The highest BCUT2D eigenvalue weighted by Gasteiger charge is 2.32. The first-order valence-electron chi connectivity index (χ1n) is 8.87. The first-order valence-corrected chi connectivity index (χ1v) is 8.87. The molecule has 1 aliphatic rings. The average molecular weight is 368 g/mol. The molecule has 6 heteroatoms. The molecule has 27 heavy (non-hydrogen) atoms. The minimum atomic E-state index is -0.662. The number of amides is 2. The van der Waals surface area contributed by atoms with E-state index in [9.17, 15) is 14.7 Å². The average Bonchev–Trinajstić information content (AvgIpc) is 2.60. The van der Waals surface area contributed by atoms with E-state index in [0.29, 0.717) is 17.1 Å². The van der Waals surface area contributed by atoms with E-state index in [2.05, 4.69) is 26.1 Å². The second-order valence-corrected chi connectivity index (χ2v) is 7.68. The molecule has 142 valence electrons. The van der Waals surface area contributed by atoms with E-state index in [0.717, 1.165) is 5.56 Å². The number of nitrogens with zero attached hydrogens (tertiary/aromatic N) is 1. The number of ether oxygens (including phenoxy) is 1. The van der Waals surface area contributed by atoms with Crippen molar-refractivity contribution in [2.75, 3.05) is 16.8 Å². The maximum atomic E-state index is 12.6. The van der Waals surface area contributed by atoms with Crippen molar-refractivity contribution in [1.29, 1.82) is 0 Å². The van der Waals surface area contributed by atoms with Crippen LogP contribution in [0.2, 0.25) is 0 Å². The molecular formula is C21H24N2O4. The number of aromatic hydroxyl groups is 1. The Balaban J connectivity index is 1.81. The summed E-state index contributed by atoms with van der Waals surface area (Å²) in [6, 6.07) is 12.3. The van der Waals surface area contributed by atoms with Crippen LogP contribution in [0.4, 0.5) is 11.4 Å². The first-order chi connectivity index (χ1) is 12.7. The third-order valence-corrected chi connectivity index (χ3v) is 4.51. The highest BCUT2D eigenvalue weighted by Crippen LogP contribution is 2.34. The maximum Gasteiger partial charge on any atom is 0.268 e. The van der Waals surface area contributed by atoms with Crippen LogP contribution < -0.4 is 15.0 Å². The van der Waals surface area contributed by atoms with Crippen LogP contribution >= 0.6 is 0 Å². The number of benzene rings is 2. The molecule has 1 unspecified atom stereocenters. The van der Waals surface area contributed by atoms with Crippen molar-refractivity contribution in [2.45, 2.75) is 39.2 Å². The fourth-order valence-electron chi connectivity index (χ4n) is 2.96. The second kappa shape index (κ2) is 6.95. The van der Waals surface area contributed by atoms with Crippen molar-refractivity contribution in [3.05, 3.63) is 48.0 Å². The van der Waals surface area contributed by atoms with E-state index in [4.69, 9.17) is 4.74 Å². The predicted molar refractivity (Wildman–Crippen MR) is 104 cm³/mol. The molecule has 1 heterocycles. The van der Waals surface area contributed by atoms with E-state index in [-0.39, 0.29) is 23.6 Å². The van der Waals surface area contributed by atoms with Crippen molar-refractivity contribution in [3.63, 3.8) is 0 Å². The van der Waals surface area contributed by atoms with Crippen LogP contribution in [-0.2, 0) is 15.0 Å². The molecule has 0 spiro atoms. The molecule has 0 radical (unpaired) electrons. The molecule has 2 aromatic rings. The van der Waals surface area contributed by atoms with Gasteiger partial charge in [0.15, 0.2) is 6.10 Å². The van der Waals surface area contributed by atoms with Gasteiger partial charge in [-0.05, 0) is 42.2 Å². The SMILES string of the molecule is CC1Oc2ccccc2N(CC(=O)Nc2cc(C(C)(C)C)ccc2O)C1=O. The number of hydrogen-bond acceptors (Lipinski definition) is 4. The number of nitrogens with one attached hydrogen (secondary N) is 1. The molecule has 0 aromatic heterocycles. The molecule has 2 N–H and O–H groups in total. The number of anilines is 2. The lowest BCUT2D eigenvalue weighted by molar-refractivity contribution is -0.127. The highest BCUT2D eigenvalue weighted by atomic mass is 16.5. The number of phenolic OH excluding ortho intramolecular Hbond substituents is 1. The quantitative estimate of drug-likeness (QED) is 0.814. The molecule has 0 saturated carbocycles. The summed E-state index contributed by atoms with van der Waals surface area (Å²) in [6.07, 6.45) is -0.662. The molecular weight excluding hydrogens is 344 g/mol. The van der Waals surface area contributed by atoms with Gasteiger partial charge in [-0.2, -0.15) is 0 Å². The molecule has 2 amide bonds. The lowest BCUT2D eigenvalue weighted by Gasteiger charge is -2.32. The molecule has 6 nitrogen and oxygen atoms in total. The highest BCUT2D eigenvalue weighted by molar-refractivity contribution is 6.06. The minimum Gasteiger partial charge on any atom is -0.506 e. The fraction of sp³-hybridized carbons (Fsp3) is 0.333. The van der Waals surface area contributed by atoms with Crippen molar-refractivity contribution in [1.82, 2.24) is 0 Å². The molecule has 0 saturated heterocycles. The van der Waals surface area contributed by atoms with Gasteiger partial charge in [-0.1, -0.05) is 39.0 Å². The van der Waals surface area contributed by atoms with Gasteiger partial charge in [0.25, 0.3) is 5.91 Å². The van der Waals surface area contributed by atoms with Crippen molar-refractivity contribution in [3.8, 4) is 11.5 Å². The number of fused-ring (bicyclic) bond motifs is 1. The Hall–Kier alpha value is -3.02. The number of hydrogen-bond donors (Lipinski definition) is 2. The van der Waals surface area contributed by atoms with Gasteiger partial charge in [0.05, 0.1) is 11.4 Å². The molecule has 3 rings (SSSR count). The van der Waals surface area contributed by atoms with E-state index >= 15 is 0 Å². The number of carbonyl (C=O) groups excluding carboxylic acids is 2. The van der Waals surface area contributed by atoms with Crippen molar-refractivity contribution < 1.29 is 19.4 Å². The standard InChI is InChI=1S/C21H24N2O4/c1-13-20(26)23(16-7-5-6-8-18(16)27-13)12-19(25)22-15-11-14(21(2,3)4)9-10-17(15)24/h5-11,13,24H,12H2,1-4H3,(H,22,25). The fourth-order valence-corrected chi connectivity index (χ4v) is 2.96. The zero-order valence-corrected chi connectivity index (χ0v) is 15.9. The van der Waals surface area contributed by atoms with Gasteiger partial charge in [0, 0.05) is 0 Å². The first kappa shape index (κ1) is 18.8. The summed E-state index contributed by atoms with van der Waals surface area (Å²) in [5.74, 6) is -0.126. The summed E-state index contributed by atoms with van der Waals surface area (Å²) in [5, 5.41) is 12.8. The largest absolute Gasteiger partial charge is 0.506 e. The Morgan fingerprint density at radius 1 is 1.22 bits per heavy atom. The number of carbonyl (C=O) groups is 2. The molecule has 2 aromatic carbocycles. The summed E-state index contributed by atoms with van der Waals surface area (Å²) in [5.41, 5.74) is 1.75. The maximum absolute atomic E-state index is 12.6. The van der Waals surface area contributed by atoms with Crippen LogP contribution in [-0.4, -0.2) is 29.6 Å². The number of para-hydroxylation sites is 2. The number of phenols is 1. The molecule has 0 fully saturated rings. The third-order valence-electron chi connectivity index (χ3n) is 4.51. The van der Waals surface area contributed by atoms with E-state index in [1.165, 1.54) is 4.90 Å². The zero-order valence-electron chi connectivity index (χ0n) is 15.9. The van der Waals surface area contributed by atoms with Crippen LogP contribution in [0.15, 0.2) is 42.5 Å². The van der Waals surface area contributed by atoms with Gasteiger partial charge in [0.2, 0.25) is 5.91 Å². The Kier molecular flexibility index (Phi) is 4.83. The van der Waals surface area contributed by atoms with E-state index in [1.54, 1.807) is 37.3 Å². The molecule has 0 bridgehead atoms. The van der Waals surface area contributed by atoms with Crippen LogP contribution in [0.1, 0.15) is 33.3 Å². The topological polar surface area (TPSA) is 78.9 Å². The lowest BCUT2D eigenvalue weighted by Crippen LogP contribution is -2.47. The summed E-state index contributed by atoms with van der Waals surface area (Å²) in [6.45, 7) is 7.64. The minimum absolute atomic E-state index is 0.0153. The summed E-state index contributed by atoms with van der Waals surface area (Å²) < 4.78 is 5.58. The van der Waals surface area contributed by atoms with Crippen LogP contribution in [0, 0.1) is 0 Å². The van der Waals surface area contributed by atoms with Crippen molar-refractivity contribution in [2.24, 2.45) is 0 Å². The molecule has 1 aliphatic heterocycles. The second-order valence-electron chi connectivity index (χ2n) is 7.68. The molecule has 0 aliphatic carbocycles. The van der Waals surface area contributed by atoms with Gasteiger partial charge in [0.1, 0.15) is 18.0 Å². The lowest BCUT2D eigenvalue weighted by atomic mass is 9.87. The van der Waals surface area contributed by atoms with Crippen LogP contribution in [0.5, 0.6) is 11.5 Å². The van der Waals surface area contributed by atoms with E-state index in [1.807, 2.05) is 12.1 Å². The van der Waals surface area contributed by atoms with Gasteiger partial charge < -0.3 is 15.2 Å². The number of rotatable bonds is 3. The van der Waals surface area contributed by atoms with Crippen LogP contribution in [0.3, 0.4) is 0 Å². The zero-order chi connectivity index (χ0) is 19.8. The summed E-state index contributed by atoms with van der Waals surface area (Å²) in [7, 11) is 0. The summed E-state index contributed by atoms with van der Waals surface area (Å²) in [4.78, 5) is 26.5. The van der Waals surface area contributed by atoms with Gasteiger partial charge in [-0.3, -0.25) is 14.5 Å². The Labute approximate surface area is 158 Å². The Morgan fingerprint density at radius 2 is 1.93 bits per heavy atom. The normalized spacial score (nSPS) is 16.5. The monoisotopic (exact) mass is 368 g/mol. The Bertz CT molecular complexity index is 886. The van der Waals surface area contributed by atoms with Crippen molar-refractivity contribution >= 4 is 23.2 Å². The third kappa shape index (κ3) is 3.89. The smallest absolute Gasteiger partial charge is 0.268 e. The van der Waals surface area contributed by atoms with E-state index < -0.39 is 12.0 Å². The van der Waals surface area contributed by atoms with Gasteiger partial charge in [-0.25, -0.2) is 0 Å². The van der Waals surface area contributed by atoms with Crippen LogP contribution in [0.25, 0.3) is 0 Å². The van der Waals surface area contributed by atoms with Gasteiger partial charge >= 0.3 is 0 Å². The predicted octanol–water partition coefficient (Wildman–Crippen LogP) is 3.44. The molecule has 1 atom stereocenters. The summed E-state index contributed by atoms with van der Waals surface area (Å²) >= 11 is 0. The Morgan fingerprint density at radius 3 is 2.63 bits per heavy atom. The van der Waals surface area contributed by atoms with Gasteiger partial charge in [-0.15, -0.1) is 0 Å².